The van der Waals surface area contributed by atoms with Gasteiger partial charge >= 0.3 is 0 Å². The summed E-state index contributed by atoms with van der Waals surface area (Å²) in [6, 6.07) is 21.7. The van der Waals surface area contributed by atoms with Crippen molar-refractivity contribution < 1.29 is 9.53 Å². The summed E-state index contributed by atoms with van der Waals surface area (Å²) in [7, 11) is 1.60. The van der Waals surface area contributed by atoms with E-state index in [1.807, 2.05) is 53.4 Å². The van der Waals surface area contributed by atoms with Gasteiger partial charge < -0.3 is 14.2 Å². The van der Waals surface area contributed by atoms with Crippen LogP contribution >= 0.6 is 0 Å². The second-order valence-corrected chi connectivity index (χ2v) is 6.14. The van der Waals surface area contributed by atoms with Crippen molar-refractivity contribution in [2.75, 3.05) is 13.7 Å². The Labute approximate surface area is 147 Å². The molecule has 1 aromatic heterocycles. The Hall–Kier alpha value is -3.01. The minimum atomic E-state index is -0.0950. The van der Waals surface area contributed by atoms with E-state index in [1.54, 1.807) is 7.11 Å². The van der Waals surface area contributed by atoms with Crippen molar-refractivity contribution in [2.45, 2.75) is 12.6 Å². The number of carbonyl (C=O) groups excluding carboxylic acids is 1. The molecular weight excluding hydrogens is 312 g/mol. The van der Waals surface area contributed by atoms with Gasteiger partial charge in [-0.15, -0.1) is 0 Å². The van der Waals surface area contributed by atoms with Gasteiger partial charge in [-0.05, 0) is 29.8 Å². The van der Waals surface area contributed by atoms with Crippen molar-refractivity contribution in [3.8, 4) is 5.75 Å². The van der Waals surface area contributed by atoms with Crippen molar-refractivity contribution in [3.63, 3.8) is 0 Å². The topological polar surface area (TPSA) is 34.5 Å². The summed E-state index contributed by atoms with van der Waals surface area (Å²) in [6.45, 7) is 1.46. The maximum absolute atomic E-state index is 13.3. The Kier molecular flexibility index (Phi) is 4.02. The molecule has 4 nitrogen and oxygen atoms in total. The molecule has 0 unspecified atom stereocenters. The molecule has 0 saturated heterocycles. The van der Waals surface area contributed by atoms with Crippen molar-refractivity contribution >= 4 is 5.91 Å². The minimum Gasteiger partial charge on any atom is -0.496 e. The highest BCUT2D eigenvalue weighted by molar-refractivity contribution is 5.97. The average molecular weight is 332 g/mol. The Balaban J connectivity index is 1.79. The molecule has 1 amide bonds. The lowest BCUT2D eigenvalue weighted by molar-refractivity contribution is 0.0660. The van der Waals surface area contributed by atoms with E-state index < -0.39 is 0 Å². The molecule has 2 heterocycles. The van der Waals surface area contributed by atoms with E-state index >= 15 is 0 Å². The molecule has 1 aliphatic rings. The van der Waals surface area contributed by atoms with Gasteiger partial charge in [0.15, 0.2) is 0 Å². The number of hydrogen-bond donors (Lipinski definition) is 0. The molecule has 0 saturated carbocycles. The lowest BCUT2D eigenvalue weighted by Gasteiger charge is -2.37. The summed E-state index contributed by atoms with van der Waals surface area (Å²) in [5.74, 6) is 0.610. The second-order valence-electron chi connectivity index (χ2n) is 6.14. The molecule has 0 aliphatic carbocycles. The van der Waals surface area contributed by atoms with Crippen LogP contribution in [0.2, 0.25) is 0 Å². The summed E-state index contributed by atoms with van der Waals surface area (Å²) in [4.78, 5) is 15.3. The highest BCUT2D eigenvalue weighted by atomic mass is 16.5. The van der Waals surface area contributed by atoms with Crippen LogP contribution in [0.15, 0.2) is 72.9 Å². The molecule has 1 atom stereocenters. The molecule has 2 aromatic carbocycles. The van der Waals surface area contributed by atoms with Gasteiger partial charge in [-0.2, -0.15) is 0 Å². The van der Waals surface area contributed by atoms with Crippen LogP contribution in [-0.2, 0) is 6.54 Å². The third-order valence-corrected chi connectivity index (χ3v) is 4.75. The van der Waals surface area contributed by atoms with Gasteiger partial charge in [-0.1, -0.05) is 42.5 Å². The zero-order valence-electron chi connectivity index (χ0n) is 14.1. The van der Waals surface area contributed by atoms with Crippen LogP contribution in [0.3, 0.4) is 0 Å². The zero-order valence-corrected chi connectivity index (χ0v) is 14.1. The van der Waals surface area contributed by atoms with Gasteiger partial charge in [0.05, 0.1) is 18.7 Å². The number of rotatable bonds is 3. The van der Waals surface area contributed by atoms with Crippen molar-refractivity contribution in [2.24, 2.45) is 0 Å². The first-order valence-electron chi connectivity index (χ1n) is 8.43. The van der Waals surface area contributed by atoms with Crippen LogP contribution in [0, 0.1) is 0 Å². The molecular formula is C21H20N2O2. The van der Waals surface area contributed by atoms with Gasteiger partial charge in [-0.25, -0.2) is 0 Å². The fourth-order valence-corrected chi connectivity index (χ4v) is 3.56. The van der Waals surface area contributed by atoms with Gasteiger partial charge in [0.1, 0.15) is 5.75 Å². The van der Waals surface area contributed by atoms with E-state index in [0.717, 1.165) is 17.8 Å². The predicted molar refractivity (Wildman–Crippen MR) is 96.7 cm³/mol. The average Bonchev–Trinajstić information content (AvgIpc) is 3.16. The first kappa shape index (κ1) is 15.5. The number of carbonyl (C=O) groups is 1. The van der Waals surface area contributed by atoms with E-state index in [-0.39, 0.29) is 11.9 Å². The van der Waals surface area contributed by atoms with Crippen LogP contribution in [-0.4, -0.2) is 29.0 Å². The van der Waals surface area contributed by atoms with Crippen LogP contribution < -0.4 is 4.74 Å². The number of methoxy groups -OCH3 is 1. The lowest BCUT2D eigenvalue weighted by atomic mass is 9.98. The molecule has 0 spiro atoms. The summed E-state index contributed by atoms with van der Waals surface area (Å²) in [5.41, 5.74) is 2.86. The van der Waals surface area contributed by atoms with Crippen LogP contribution in [0.5, 0.6) is 5.75 Å². The first-order valence-corrected chi connectivity index (χ1v) is 8.43. The van der Waals surface area contributed by atoms with E-state index in [0.29, 0.717) is 17.9 Å². The number of nitrogens with zero attached hydrogens (tertiary/aromatic N) is 2. The molecule has 4 rings (SSSR count). The predicted octanol–water partition coefficient (Wildman–Crippen LogP) is 3.74. The summed E-state index contributed by atoms with van der Waals surface area (Å²) in [6.07, 6.45) is 2.08. The largest absolute Gasteiger partial charge is 0.496 e. The molecule has 0 bridgehead atoms. The zero-order chi connectivity index (χ0) is 17.2. The number of aromatic nitrogens is 1. The second kappa shape index (κ2) is 6.48. The third-order valence-electron chi connectivity index (χ3n) is 4.75. The van der Waals surface area contributed by atoms with Crippen molar-refractivity contribution in [3.05, 3.63) is 89.7 Å². The van der Waals surface area contributed by atoms with Crippen molar-refractivity contribution in [1.82, 2.24) is 9.47 Å². The normalized spacial score (nSPS) is 16.4. The maximum Gasteiger partial charge on any atom is 0.258 e. The molecule has 1 aliphatic heterocycles. The van der Waals surface area contributed by atoms with Gasteiger partial charge in [0.25, 0.3) is 5.91 Å². The van der Waals surface area contributed by atoms with E-state index in [4.69, 9.17) is 4.74 Å². The standard InChI is InChI=1S/C21H20N2O2/c1-25-19-12-6-5-10-17(19)21(24)23-15-14-22-13-7-11-18(22)20(23)16-8-3-2-4-9-16/h2-13,20H,14-15H2,1H3/t20-/m0/s1. The molecule has 4 heteroatoms. The summed E-state index contributed by atoms with van der Waals surface area (Å²) >= 11 is 0. The molecule has 0 radical (unpaired) electrons. The van der Waals surface area contributed by atoms with E-state index in [1.165, 1.54) is 0 Å². The van der Waals surface area contributed by atoms with Crippen LogP contribution in [0.1, 0.15) is 27.7 Å². The van der Waals surface area contributed by atoms with E-state index in [9.17, 15) is 4.79 Å². The van der Waals surface area contributed by atoms with Gasteiger partial charge in [0.2, 0.25) is 0 Å². The molecule has 0 N–H and O–H groups in total. The number of para-hydroxylation sites is 1. The first-order chi connectivity index (χ1) is 12.3. The lowest BCUT2D eigenvalue weighted by Crippen LogP contribution is -2.42. The Morgan fingerprint density at radius 2 is 1.72 bits per heavy atom. The Morgan fingerprint density at radius 3 is 2.52 bits per heavy atom. The molecule has 0 fully saturated rings. The SMILES string of the molecule is COc1ccccc1C(=O)N1CCn2cccc2[C@@H]1c1ccccc1. The summed E-state index contributed by atoms with van der Waals surface area (Å²) in [5, 5.41) is 0. The number of ether oxygens (including phenoxy) is 1. The van der Waals surface area contributed by atoms with Gasteiger partial charge in [0, 0.05) is 25.0 Å². The number of amides is 1. The maximum atomic E-state index is 13.3. The van der Waals surface area contributed by atoms with Crippen LogP contribution in [0.25, 0.3) is 0 Å². The number of hydrogen-bond acceptors (Lipinski definition) is 2. The third kappa shape index (κ3) is 2.70. The fourth-order valence-electron chi connectivity index (χ4n) is 3.56. The highest BCUT2D eigenvalue weighted by Crippen LogP contribution is 2.34. The fraction of sp³-hybridized carbons (Fsp3) is 0.190. The highest BCUT2D eigenvalue weighted by Gasteiger charge is 2.33. The van der Waals surface area contributed by atoms with Gasteiger partial charge in [-0.3, -0.25) is 4.79 Å². The van der Waals surface area contributed by atoms with Crippen LogP contribution in [0.4, 0.5) is 0 Å². The summed E-state index contributed by atoms with van der Waals surface area (Å²) < 4.78 is 7.63. The van der Waals surface area contributed by atoms with Crippen molar-refractivity contribution in [1.29, 1.82) is 0 Å². The number of fused-ring (bicyclic) bond motifs is 1. The minimum absolute atomic E-state index is 0.00115. The van der Waals surface area contributed by atoms with E-state index in [2.05, 4.69) is 29.0 Å². The smallest absolute Gasteiger partial charge is 0.258 e. The quantitative estimate of drug-likeness (QED) is 0.732. The molecule has 3 aromatic rings. The Bertz CT molecular complexity index is 886. The Morgan fingerprint density at radius 1 is 0.960 bits per heavy atom. The monoisotopic (exact) mass is 332 g/mol. The number of benzene rings is 2. The molecule has 25 heavy (non-hydrogen) atoms. The molecule has 126 valence electrons.